The minimum Gasteiger partial charge on any atom is -0.324 e. The van der Waals surface area contributed by atoms with Crippen molar-refractivity contribution in [2.24, 2.45) is 0 Å². The van der Waals surface area contributed by atoms with Gasteiger partial charge in [0.1, 0.15) is 0 Å². The first-order valence-electron chi connectivity index (χ1n) is 8.36. The predicted molar refractivity (Wildman–Crippen MR) is 111 cm³/mol. The average Bonchev–Trinajstić information content (AvgIpc) is 2.67. The van der Waals surface area contributed by atoms with E-state index >= 15 is 0 Å². The van der Waals surface area contributed by atoms with E-state index in [-0.39, 0.29) is 4.90 Å². The molecule has 0 aliphatic carbocycles. The minimum absolute atomic E-state index is 0.130. The monoisotopic (exact) mass is 400 g/mol. The highest BCUT2D eigenvalue weighted by Crippen LogP contribution is 2.25. The van der Waals surface area contributed by atoms with Crippen molar-refractivity contribution in [3.8, 4) is 0 Å². The molecule has 0 saturated heterocycles. The lowest BCUT2D eigenvalue weighted by Gasteiger charge is -2.16. The molecule has 27 heavy (non-hydrogen) atoms. The molecule has 0 unspecified atom stereocenters. The Kier molecular flexibility index (Phi) is 5.84. The first-order valence-corrected chi connectivity index (χ1v) is 11.1. The van der Waals surface area contributed by atoms with Crippen molar-refractivity contribution in [3.05, 3.63) is 66.7 Å². The van der Waals surface area contributed by atoms with E-state index in [1.165, 1.54) is 24.8 Å². The molecule has 3 aromatic rings. The van der Waals surface area contributed by atoms with Crippen LogP contribution in [0.25, 0.3) is 10.8 Å². The molecule has 0 radical (unpaired) electrons. The summed E-state index contributed by atoms with van der Waals surface area (Å²) in [7, 11) is -3.82. The molecule has 3 aromatic carbocycles. The van der Waals surface area contributed by atoms with Gasteiger partial charge in [-0.25, -0.2) is 8.42 Å². The van der Waals surface area contributed by atoms with Crippen LogP contribution in [-0.4, -0.2) is 26.6 Å². The normalized spacial score (nSPS) is 12.7. The number of hydrogen-bond acceptors (Lipinski definition) is 4. The molecule has 0 saturated carbocycles. The standard InChI is InChI=1S/C20H20N2O3S2/c1-14(20(23)21-18-9-5-6-10-19(18)26-2)22-27(24,25)17-12-11-15-7-3-4-8-16(15)13-17/h3-14,22H,1-2H3,(H,21,23)/t14-/m1/s1. The minimum atomic E-state index is -3.82. The Labute approximate surface area is 163 Å². The van der Waals surface area contributed by atoms with Crippen molar-refractivity contribution in [1.29, 1.82) is 0 Å². The van der Waals surface area contributed by atoms with Crippen LogP contribution in [0.3, 0.4) is 0 Å². The molecule has 0 spiro atoms. The maximum Gasteiger partial charge on any atom is 0.242 e. The van der Waals surface area contributed by atoms with Gasteiger partial charge >= 0.3 is 0 Å². The van der Waals surface area contributed by atoms with Gasteiger partial charge in [0, 0.05) is 4.90 Å². The van der Waals surface area contributed by atoms with E-state index in [1.54, 1.807) is 18.2 Å². The highest BCUT2D eigenvalue weighted by molar-refractivity contribution is 7.98. The lowest BCUT2D eigenvalue weighted by Crippen LogP contribution is -2.41. The van der Waals surface area contributed by atoms with Crippen LogP contribution in [0.2, 0.25) is 0 Å². The van der Waals surface area contributed by atoms with Crippen LogP contribution in [0.1, 0.15) is 6.92 Å². The number of benzene rings is 3. The van der Waals surface area contributed by atoms with Crippen LogP contribution in [0, 0.1) is 0 Å². The lowest BCUT2D eigenvalue weighted by molar-refractivity contribution is -0.117. The van der Waals surface area contributed by atoms with Crippen LogP contribution in [0.4, 0.5) is 5.69 Å². The number of thioether (sulfide) groups is 1. The van der Waals surface area contributed by atoms with Gasteiger partial charge in [-0.1, -0.05) is 42.5 Å². The third-order valence-electron chi connectivity index (χ3n) is 4.12. The Morgan fingerprint density at radius 3 is 2.37 bits per heavy atom. The summed E-state index contributed by atoms with van der Waals surface area (Å²) >= 11 is 1.51. The number of hydrogen-bond donors (Lipinski definition) is 2. The Morgan fingerprint density at radius 2 is 1.63 bits per heavy atom. The maximum absolute atomic E-state index is 12.7. The molecule has 5 nitrogen and oxygen atoms in total. The molecule has 140 valence electrons. The molecule has 0 aliphatic heterocycles. The predicted octanol–water partition coefficient (Wildman–Crippen LogP) is 3.87. The second kappa shape index (κ2) is 8.12. The van der Waals surface area contributed by atoms with Crippen LogP contribution >= 0.6 is 11.8 Å². The smallest absolute Gasteiger partial charge is 0.242 e. The number of nitrogens with one attached hydrogen (secondary N) is 2. The topological polar surface area (TPSA) is 75.3 Å². The van der Waals surface area contributed by atoms with E-state index in [2.05, 4.69) is 10.0 Å². The number of carbonyl (C=O) groups is 1. The fraction of sp³-hybridized carbons (Fsp3) is 0.150. The Balaban J connectivity index is 1.76. The summed E-state index contributed by atoms with van der Waals surface area (Å²) in [5.74, 6) is -0.416. The van der Waals surface area contributed by atoms with Crippen molar-refractivity contribution in [1.82, 2.24) is 4.72 Å². The van der Waals surface area contributed by atoms with Gasteiger partial charge in [0.2, 0.25) is 15.9 Å². The molecular weight excluding hydrogens is 380 g/mol. The third-order valence-corrected chi connectivity index (χ3v) is 6.46. The van der Waals surface area contributed by atoms with Crippen LogP contribution in [0.5, 0.6) is 0 Å². The van der Waals surface area contributed by atoms with Crippen molar-refractivity contribution in [2.45, 2.75) is 22.8 Å². The molecule has 2 N–H and O–H groups in total. The molecule has 0 heterocycles. The van der Waals surface area contributed by atoms with Crippen LogP contribution < -0.4 is 10.0 Å². The molecule has 0 fully saturated rings. The highest BCUT2D eigenvalue weighted by atomic mass is 32.2. The number of para-hydroxylation sites is 1. The quantitative estimate of drug-likeness (QED) is 0.616. The SMILES string of the molecule is CSc1ccccc1NC(=O)[C@@H](C)NS(=O)(=O)c1ccc2ccccc2c1. The maximum atomic E-state index is 12.7. The molecule has 1 amide bonds. The van der Waals surface area contributed by atoms with E-state index < -0.39 is 22.0 Å². The number of rotatable bonds is 6. The number of carbonyl (C=O) groups excluding carboxylic acids is 1. The Hall–Kier alpha value is -2.35. The first kappa shape index (κ1) is 19.4. The summed E-state index contributed by atoms with van der Waals surface area (Å²) < 4.78 is 27.8. The molecule has 1 atom stereocenters. The highest BCUT2D eigenvalue weighted by Gasteiger charge is 2.22. The summed E-state index contributed by atoms with van der Waals surface area (Å²) in [6.07, 6.45) is 1.91. The summed E-state index contributed by atoms with van der Waals surface area (Å²) in [6.45, 7) is 1.52. The lowest BCUT2D eigenvalue weighted by atomic mass is 10.1. The molecule has 7 heteroatoms. The van der Waals surface area contributed by atoms with Crippen LogP contribution in [-0.2, 0) is 14.8 Å². The largest absolute Gasteiger partial charge is 0.324 e. The molecule has 0 aromatic heterocycles. The summed E-state index contributed by atoms with van der Waals surface area (Å²) in [6, 6.07) is 18.9. The molecule has 0 aliphatic rings. The number of sulfonamides is 1. The Morgan fingerprint density at radius 1 is 0.963 bits per heavy atom. The summed E-state index contributed by atoms with van der Waals surface area (Å²) in [4.78, 5) is 13.5. The van der Waals surface area contributed by atoms with Crippen LogP contribution in [0.15, 0.2) is 76.5 Å². The molecule has 3 rings (SSSR count). The van der Waals surface area contributed by atoms with Crippen molar-refractivity contribution < 1.29 is 13.2 Å². The van der Waals surface area contributed by atoms with E-state index in [1.807, 2.05) is 48.7 Å². The van der Waals surface area contributed by atoms with Crippen molar-refractivity contribution >= 4 is 44.2 Å². The van der Waals surface area contributed by atoms with Gasteiger partial charge in [0.25, 0.3) is 0 Å². The zero-order valence-corrected chi connectivity index (χ0v) is 16.6. The summed E-state index contributed by atoms with van der Waals surface area (Å²) in [5.41, 5.74) is 0.659. The van der Waals surface area contributed by atoms with E-state index in [0.29, 0.717) is 5.69 Å². The van der Waals surface area contributed by atoms with Crippen molar-refractivity contribution in [2.75, 3.05) is 11.6 Å². The number of amides is 1. The zero-order valence-electron chi connectivity index (χ0n) is 15.0. The van der Waals surface area contributed by atoms with Gasteiger partial charge in [-0.05, 0) is 48.2 Å². The molecule has 0 bridgehead atoms. The first-order chi connectivity index (χ1) is 12.9. The van der Waals surface area contributed by atoms with Gasteiger partial charge in [-0.3, -0.25) is 4.79 Å². The average molecular weight is 401 g/mol. The fourth-order valence-corrected chi connectivity index (χ4v) is 4.47. The molecular formula is C20H20N2O3S2. The van der Waals surface area contributed by atoms with E-state index in [9.17, 15) is 13.2 Å². The van der Waals surface area contributed by atoms with Gasteiger partial charge in [0.15, 0.2) is 0 Å². The third kappa shape index (κ3) is 4.50. The fourth-order valence-electron chi connectivity index (χ4n) is 2.68. The second-order valence-corrected chi connectivity index (χ2v) is 8.60. The van der Waals surface area contributed by atoms with Crippen molar-refractivity contribution in [3.63, 3.8) is 0 Å². The number of anilines is 1. The van der Waals surface area contributed by atoms with E-state index in [0.717, 1.165) is 15.7 Å². The van der Waals surface area contributed by atoms with Gasteiger partial charge < -0.3 is 5.32 Å². The zero-order chi connectivity index (χ0) is 19.4. The second-order valence-electron chi connectivity index (χ2n) is 6.04. The van der Waals surface area contributed by atoms with Gasteiger partial charge in [-0.15, -0.1) is 11.8 Å². The van der Waals surface area contributed by atoms with E-state index in [4.69, 9.17) is 0 Å². The van der Waals surface area contributed by atoms with Gasteiger partial charge in [-0.2, -0.15) is 4.72 Å². The Bertz CT molecular complexity index is 1080. The summed E-state index contributed by atoms with van der Waals surface area (Å²) in [5, 5.41) is 4.56. The van der Waals surface area contributed by atoms with Gasteiger partial charge in [0.05, 0.1) is 16.6 Å². The number of fused-ring (bicyclic) bond motifs is 1.